The predicted octanol–water partition coefficient (Wildman–Crippen LogP) is -0.0764. The zero-order valence-electron chi connectivity index (χ0n) is 14.6. The number of esters is 1. The van der Waals surface area contributed by atoms with Crippen molar-refractivity contribution in [3.05, 3.63) is 29.8 Å². The molecule has 2 unspecified atom stereocenters. The molecule has 2 atom stereocenters. The van der Waals surface area contributed by atoms with E-state index in [0.717, 1.165) is 5.56 Å². The average Bonchev–Trinajstić information content (AvgIpc) is 2.44. The molecular formula is C16H23NaO5S. The van der Waals surface area contributed by atoms with E-state index >= 15 is 0 Å². The molecule has 1 aromatic carbocycles. The second kappa shape index (κ2) is 8.62. The Morgan fingerprint density at radius 2 is 1.70 bits per heavy atom. The molecule has 0 saturated heterocycles. The standard InChI is InChI=1S/C16H24O5S.Na/c1-11(10-16(3,4)15(17)21-5)12(2)13-6-8-14(9-7-13)22(18,19)20;/h6-9,11-12H,10H2,1-5H3,(H,18,19,20);/q;+1/p-1. The van der Waals surface area contributed by atoms with Gasteiger partial charge in [0.2, 0.25) is 0 Å². The SMILES string of the molecule is COC(=O)C(C)(C)CC(C)C(C)c1ccc(S(=O)(=O)[O-])cc1.[Na+]. The van der Waals surface area contributed by atoms with Crippen LogP contribution in [0.4, 0.5) is 0 Å². The molecule has 5 nitrogen and oxygen atoms in total. The van der Waals surface area contributed by atoms with Gasteiger partial charge in [0, 0.05) is 0 Å². The molecule has 0 aromatic heterocycles. The molecule has 0 N–H and O–H groups in total. The maximum atomic E-state index is 11.8. The van der Waals surface area contributed by atoms with Gasteiger partial charge in [0.15, 0.2) is 0 Å². The maximum absolute atomic E-state index is 11.8. The van der Waals surface area contributed by atoms with Gasteiger partial charge in [0.05, 0.1) is 17.4 Å². The van der Waals surface area contributed by atoms with Crippen LogP contribution in [0.3, 0.4) is 0 Å². The normalized spacial score (nSPS) is 14.5. The first-order valence-corrected chi connectivity index (χ1v) is 8.54. The molecule has 1 aromatic rings. The van der Waals surface area contributed by atoms with E-state index in [9.17, 15) is 17.8 Å². The summed E-state index contributed by atoms with van der Waals surface area (Å²) in [4.78, 5) is 11.5. The summed E-state index contributed by atoms with van der Waals surface area (Å²) in [7, 11) is -3.04. The van der Waals surface area contributed by atoms with Crippen molar-refractivity contribution in [2.75, 3.05) is 7.11 Å². The van der Waals surface area contributed by atoms with Crippen molar-refractivity contribution in [3.63, 3.8) is 0 Å². The molecule has 0 radical (unpaired) electrons. The van der Waals surface area contributed by atoms with E-state index in [1.807, 2.05) is 27.7 Å². The van der Waals surface area contributed by atoms with Gasteiger partial charge >= 0.3 is 35.5 Å². The number of hydrogen-bond acceptors (Lipinski definition) is 5. The quantitative estimate of drug-likeness (QED) is 0.407. The summed E-state index contributed by atoms with van der Waals surface area (Å²) in [5.74, 6) is 0.0514. The maximum Gasteiger partial charge on any atom is 1.00 e. The summed E-state index contributed by atoms with van der Waals surface area (Å²) >= 11 is 0. The zero-order chi connectivity index (χ0) is 17.1. The Morgan fingerprint density at radius 3 is 2.09 bits per heavy atom. The third-order valence-corrected chi connectivity index (χ3v) is 4.97. The molecular weight excluding hydrogens is 327 g/mol. The van der Waals surface area contributed by atoms with Crippen LogP contribution in [0.2, 0.25) is 0 Å². The topological polar surface area (TPSA) is 83.5 Å². The minimum Gasteiger partial charge on any atom is -0.744 e. The Balaban J connectivity index is 0.00000484. The third-order valence-electron chi connectivity index (χ3n) is 4.12. The first kappa shape index (κ1) is 22.6. The van der Waals surface area contributed by atoms with Crippen molar-refractivity contribution >= 4 is 16.1 Å². The van der Waals surface area contributed by atoms with E-state index in [4.69, 9.17) is 4.74 Å². The number of carbonyl (C=O) groups is 1. The average molecular weight is 350 g/mol. The number of ether oxygens (including phenoxy) is 1. The number of carbonyl (C=O) groups excluding carboxylic acids is 1. The summed E-state index contributed by atoms with van der Waals surface area (Å²) in [6.45, 7) is 7.73. The first-order valence-electron chi connectivity index (χ1n) is 7.13. The van der Waals surface area contributed by atoms with E-state index in [0.29, 0.717) is 6.42 Å². The number of methoxy groups -OCH3 is 1. The predicted molar refractivity (Wildman–Crippen MR) is 82.4 cm³/mol. The van der Waals surface area contributed by atoms with Crippen molar-refractivity contribution in [2.24, 2.45) is 11.3 Å². The first-order chi connectivity index (χ1) is 9.99. The summed E-state index contributed by atoms with van der Waals surface area (Å²) in [6.07, 6.45) is 0.641. The van der Waals surface area contributed by atoms with E-state index in [1.54, 1.807) is 12.1 Å². The Bertz CT molecular complexity index is 622. The third kappa shape index (κ3) is 6.19. The van der Waals surface area contributed by atoms with Crippen molar-refractivity contribution in [3.8, 4) is 0 Å². The molecule has 0 spiro atoms. The number of benzene rings is 1. The van der Waals surface area contributed by atoms with Gasteiger partial charge in [-0.2, -0.15) is 0 Å². The molecule has 0 aliphatic heterocycles. The van der Waals surface area contributed by atoms with E-state index < -0.39 is 15.5 Å². The fourth-order valence-electron chi connectivity index (χ4n) is 2.61. The smallest absolute Gasteiger partial charge is 0.744 e. The number of hydrogen-bond donors (Lipinski definition) is 0. The van der Waals surface area contributed by atoms with Gasteiger partial charge in [-0.25, -0.2) is 8.42 Å². The van der Waals surface area contributed by atoms with Crippen molar-refractivity contribution in [1.29, 1.82) is 0 Å². The number of rotatable bonds is 6. The molecule has 0 aliphatic rings. The minimum atomic E-state index is -4.42. The molecule has 1 rings (SSSR count). The van der Waals surface area contributed by atoms with Crippen LogP contribution in [-0.2, 0) is 19.6 Å². The van der Waals surface area contributed by atoms with Gasteiger partial charge in [-0.1, -0.05) is 26.0 Å². The van der Waals surface area contributed by atoms with Crippen LogP contribution < -0.4 is 29.6 Å². The molecule has 0 amide bonds. The van der Waals surface area contributed by atoms with E-state index in [-0.39, 0.29) is 52.3 Å². The van der Waals surface area contributed by atoms with Crippen molar-refractivity contribution in [2.45, 2.75) is 44.9 Å². The monoisotopic (exact) mass is 350 g/mol. The zero-order valence-corrected chi connectivity index (χ0v) is 17.4. The van der Waals surface area contributed by atoms with Gasteiger partial charge in [0.1, 0.15) is 10.1 Å². The second-order valence-electron chi connectivity index (χ2n) is 6.37. The van der Waals surface area contributed by atoms with Crippen LogP contribution in [0, 0.1) is 11.3 Å². The summed E-state index contributed by atoms with van der Waals surface area (Å²) in [5, 5.41) is 0. The Hall–Kier alpha value is -0.400. The minimum absolute atomic E-state index is 0. The van der Waals surface area contributed by atoms with E-state index in [2.05, 4.69) is 0 Å². The fraction of sp³-hybridized carbons (Fsp3) is 0.562. The molecule has 0 bridgehead atoms. The molecule has 0 aliphatic carbocycles. The summed E-state index contributed by atoms with van der Waals surface area (Å²) in [6, 6.07) is 5.95. The second-order valence-corrected chi connectivity index (χ2v) is 7.75. The largest absolute Gasteiger partial charge is 1.00 e. The van der Waals surface area contributed by atoms with Gasteiger partial charge in [-0.05, 0) is 49.8 Å². The van der Waals surface area contributed by atoms with Crippen LogP contribution in [-0.4, -0.2) is 26.0 Å². The van der Waals surface area contributed by atoms with Crippen LogP contribution in [0.1, 0.15) is 45.6 Å². The van der Waals surface area contributed by atoms with Gasteiger partial charge in [0.25, 0.3) is 0 Å². The molecule has 0 fully saturated rings. The van der Waals surface area contributed by atoms with Gasteiger partial charge < -0.3 is 9.29 Å². The molecule has 0 heterocycles. The van der Waals surface area contributed by atoms with Crippen LogP contribution >= 0.6 is 0 Å². The van der Waals surface area contributed by atoms with Gasteiger partial charge in [-0.15, -0.1) is 0 Å². The summed E-state index contributed by atoms with van der Waals surface area (Å²) in [5.41, 5.74) is 0.348. The van der Waals surface area contributed by atoms with Crippen LogP contribution in [0.25, 0.3) is 0 Å². The molecule has 124 valence electrons. The van der Waals surface area contributed by atoms with Crippen LogP contribution in [0.15, 0.2) is 29.2 Å². The fourth-order valence-corrected chi connectivity index (χ4v) is 3.08. The van der Waals surface area contributed by atoms with Gasteiger partial charge in [-0.3, -0.25) is 4.79 Å². The molecule has 0 saturated carbocycles. The Morgan fingerprint density at radius 1 is 1.22 bits per heavy atom. The Kier molecular flexibility index (Phi) is 8.47. The Labute approximate surface area is 160 Å². The molecule has 23 heavy (non-hydrogen) atoms. The molecule has 7 heteroatoms. The van der Waals surface area contributed by atoms with Crippen LogP contribution in [0.5, 0.6) is 0 Å². The van der Waals surface area contributed by atoms with Crippen molar-refractivity contribution in [1.82, 2.24) is 0 Å². The van der Waals surface area contributed by atoms with Crippen molar-refractivity contribution < 1.29 is 52.1 Å². The van der Waals surface area contributed by atoms with E-state index in [1.165, 1.54) is 19.2 Å². The summed E-state index contributed by atoms with van der Waals surface area (Å²) < 4.78 is 37.6.